The Hall–Kier alpha value is -3.70. The van der Waals surface area contributed by atoms with Gasteiger partial charge in [0.15, 0.2) is 0 Å². The number of aromatic nitrogens is 3. The van der Waals surface area contributed by atoms with E-state index in [9.17, 15) is 9.59 Å². The molecule has 1 saturated heterocycles. The molecule has 0 radical (unpaired) electrons. The van der Waals surface area contributed by atoms with Gasteiger partial charge in [0.2, 0.25) is 5.13 Å². The van der Waals surface area contributed by atoms with Crippen molar-refractivity contribution in [2.75, 3.05) is 32.1 Å². The van der Waals surface area contributed by atoms with E-state index in [1.807, 2.05) is 79.6 Å². The van der Waals surface area contributed by atoms with Gasteiger partial charge in [0.05, 0.1) is 35.9 Å². The number of anilines is 1. The van der Waals surface area contributed by atoms with Crippen LogP contribution in [0.3, 0.4) is 0 Å². The molecule has 208 valence electrons. The summed E-state index contributed by atoms with van der Waals surface area (Å²) >= 11 is 4.95. The highest BCUT2D eigenvalue weighted by Crippen LogP contribution is 2.30. The number of benzene rings is 2. The highest BCUT2D eigenvalue weighted by Gasteiger charge is 2.33. The van der Waals surface area contributed by atoms with Gasteiger partial charge in [0, 0.05) is 41.1 Å². The van der Waals surface area contributed by atoms with Crippen LogP contribution in [0.2, 0.25) is 0 Å². The average molecular weight is 624 g/mol. The van der Waals surface area contributed by atoms with Crippen LogP contribution in [0.25, 0.3) is 16.4 Å². The molecule has 0 saturated carbocycles. The van der Waals surface area contributed by atoms with E-state index in [1.165, 1.54) is 11.3 Å². The van der Waals surface area contributed by atoms with Crippen LogP contribution in [0, 0.1) is 0 Å². The second-order valence-electron chi connectivity index (χ2n) is 9.96. The van der Waals surface area contributed by atoms with Crippen molar-refractivity contribution in [1.29, 1.82) is 0 Å². The average Bonchev–Trinajstić information content (AvgIpc) is 3.62. The maximum atomic E-state index is 13.7. The van der Waals surface area contributed by atoms with Crippen molar-refractivity contribution in [2.45, 2.75) is 32.7 Å². The van der Waals surface area contributed by atoms with Crippen molar-refractivity contribution in [3.8, 4) is 22.1 Å². The minimum absolute atomic E-state index is 0.0411. The number of halogens is 1. The summed E-state index contributed by atoms with van der Waals surface area (Å²) in [7, 11) is 1.64. The fourth-order valence-corrected chi connectivity index (χ4v) is 6.06. The molecule has 2 aromatic heterocycles. The number of piperazine rings is 1. The van der Waals surface area contributed by atoms with Gasteiger partial charge in [-0.2, -0.15) is 5.10 Å². The van der Waals surface area contributed by atoms with Gasteiger partial charge in [-0.05, 0) is 53.0 Å². The summed E-state index contributed by atoms with van der Waals surface area (Å²) in [5, 5.41) is 10.2. The van der Waals surface area contributed by atoms with Crippen molar-refractivity contribution in [2.24, 2.45) is 0 Å². The summed E-state index contributed by atoms with van der Waals surface area (Å²) in [5.41, 5.74) is 3.86. The summed E-state index contributed by atoms with van der Waals surface area (Å²) in [4.78, 5) is 35.1. The number of rotatable bonds is 6. The number of carbonyl (C=O) groups excluding carboxylic acids is 2. The lowest BCUT2D eigenvalue weighted by Gasteiger charge is -2.39. The van der Waals surface area contributed by atoms with Crippen LogP contribution >= 0.6 is 27.3 Å². The van der Waals surface area contributed by atoms with Gasteiger partial charge >= 0.3 is 6.03 Å². The molecule has 0 bridgehead atoms. The number of amides is 3. The van der Waals surface area contributed by atoms with E-state index in [2.05, 4.69) is 26.3 Å². The van der Waals surface area contributed by atoms with Gasteiger partial charge in [-0.1, -0.05) is 38.1 Å². The second-order valence-corrected chi connectivity index (χ2v) is 11.7. The minimum Gasteiger partial charge on any atom is -0.497 e. The molecule has 1 fully saturated rings. The van der Waals surface area contributed by atoms with E-state index in [1.54, 1.807) is 22.9 Å². The summed E-state index contributed by atoms with van der Waals surface area (Å²) in [5.74, 6) is 0.721. The molecule has 9 nitrogen and oxygen atoms in total. The molecule has 5 rings (SSSR count). The first-order valence-electron chi connectivity index (χ1n) is 13.1. The zero-order chi connectivity index (χ0) is 28.4. The normalized spacial score (nSPS) is 15.4. The van der Waals surface area contributed by atoms with Crippen molar-refractivity contribution >= 4 is 44.9 Å². The lowest BCUT2D eigenvalue weighted by molar-refractivity contribution is 0.0590. The van der Waals surface area contributed by atoms with E-state index in [-0.39, 0.29) is 23.9 Å². The van der Waals surface area contributed by atoms with Crippen LogP contribution in [-0.2, 0) is 0 Å². The first-order chi connectivity index (χ1) is 19.3. The zero-order valence-corrected chi connectivity index (χ0v) is 25.2. The third-order valence-electron chi connectivity index (χ3n) is 6.91. The third-order valence-corrected chi connectivity index (χ3v) is 8.42. The zero-order valence-electron chi connectivity index (χ0n) is 22.8. The van der Waals surface area contributed by atoms with Crippen molar-refractivity contribution in [3.05, 3.63) is 75.8 Å². The molecular formula is C29H31BrN6O3S. The number of ether oxygens (including phenoxy) is 1. The van der Waals surface area contributed by atoms with Crippen LogP contribution < -0.4 is 10.1 Å². The van der Waals surface area contributed by atoms with E-state index in [4.69, 9.17) is 9.72 Å². The number of hydrogen-bond donors (Lipinski definition) is 1. The van der Waals surface area contributed by atoms with Gasteiger partial charge in [0.1, 0.15) is 5.75 Å². The fourth-order valence-electron chi connectivity index (χ4n) is 4.87. The van der Waals surface area contributed by atoms with E-state index in [0.717, 1.165) is 27.2 Å². The highest BCUT2D eigenvalue weighted by atomic mass is 79.9. The number of methoxy groups -OCH3 is 1. The largest absolute Gasteiger partial charge is 0.497 e. The summed E-state index contributed by atoms with van der Waals surface area (Å²) in [6.45, 7) is 7.36. The highest BCUT2D eigenvalue weighted by molar-refractivity contribution is 9.10. The number of nitrogens with one attached hydrogen (secondary N) is 1. The maximum absolute atomic E-state index is 13.7. The monoisotopic (exact) mass is 622 g/mol. The predicted octanol–water partition coefficient (Wildman–Crippen LogP) is 6.27. The molecule has 1 aliphatic heterocycles. The number of thiazole rings is 1. The number of para-hydroxylation sites is 1. The molecule has 2 aromatic carbocycles. The van der Waals surface area contributed by atoms with Gasteiger partial charge in [-0.3, -0.25) is 4.79 Å². The Balaban J connectivity index is 1.32. The van der Waals surface area contributed by atoms with Gasteiger partial charge < -0.3 is 19.9 Å². The van der Waals surface area contributed by atoms with Crippen LogP contribution in [-0.4, -0.2) is 69.3 Å². The van der Waals surface area contributed by atoms with Gasteiger partial charge in [0.25, 0.3) is 5.91 Å². The van der Waals surface area contributed by atoms with Crippen LogP contribution in [0.1, 0.15) is 42.7 Å². The Morgan fingerprint density at radius 3 is 2.67 bits per heavy atom. The van der Waals surface area contributed by atoms with Crippen LogP contribution in [0.15, 0.2) is 64.6 Å². The van der Waals surface area contributed by atoms with Crippen molar-refractivity contribution in [3.63, 3.8) is 0 Å². The number of carbonyl (C=O) groups is 2. The first-order valence-corrected chi connectivity index (χ1v) is 14.7. The summed E-state index contributed by atoms with van der Waals surface area (Å²) < 4.78 is 7.95. The lowest BCUT2D eigenvalue weighted by Crippen LogP contribution is -2.56. The molecule has 1 aliphatic rings. The molecule has 3 amide bonds. The standard InChI is InChI=1S/C29H31BrN6O3S/c1-18(2)26-22(15-31-36(26)29-33-25(17-40-29)20-8-7-9-21(14-20)39-4)27(37)34-12-13-35(19(3)16-34)28(38)32-24-11-6-5-10-23(24)30/h5-11,14-15,17-19H,12-13,16H2,1-4H3,(H,32,38). The van der Waals surface area contributed by atoms with Crippen LogP contribution in [0.5, 0.6) is 5.75 Å². The molecule has 3 heterocycles. The van der Waals surface area contributed by atoms with Crippen LogP contribution in [0.4, 0.5) is 10.5 Å². The Bertz CT molecular complexity index is 1530. The molecule has 1 N–H and O–H groups in total. The second kappa shape index (κ2) is 11.8. The van der Waals surface area contributed by atoms with Gasteiger partial charge in [-0.25, -0.2) is 14.5 Å². The van der Waals surface area contributed by atoms with E-state index in [0.29, 0.717) is 36.0 Å². The van der Waals surface area contributed by atoms with E-state index < -0.39 is 0 Å². The van der Waals surface area contributed by atoms with Gasteiger partial charge in [-0.15, -0.1) is 11.3 Å². The van der Waals surface area contributed by atoms with Crippen molar-refractivity contribution in [1.82, 2.24) is 24.6 Å². The molecule has 1 atom stereocenters. The number of hydrogen-bond acceptors (Lipinski definition) is 6. The topological polar surface area (TPSA) is 92.6 Å². The summed E-state index contributed by atoms with van der Waals surface area (Å²) in [6, 6.07) is 14.9. The summed E-state index contributed by atoms with van der Waals surface area (Å²) in [6.07, 6.45) is 1.64. The van der Waals surface area contributed by atoms with Crippen molar-refractivity contribution < 1.29 is 14.3 Å². The quantitative estimate of drug-likeness (QED) is 0.274. The van der Waals surface area contributed by atoms with E-state index >= 15 is 0 Å². The predicted molar refractivity (Wildman–Crippen MR) is 161 cm³/mol. The third kappa shape index (κ3) is 5.62. The fraction of sp³-hybridized carbons (Fsp3) is 0.310. The number of urea groups is 1. The Labute approximate surface area is 245 Å². The molecule has 11 heteroatoms. The molecule has 40 heavy (non-hydrogen) atoms. The lowest BCUT2D eigenvalue weighted by atomic mass is 10.0. The smallest absolute Gasteiger partial charge is 0.322 e. The molecular weight excluding hydrogens is 592 g/mol. The Morgan fingerprint density at radius 2 is 1.95 bits per heavy atom. The SMILES string of the molecule is COc1cccc(-c2csc(-n3ncc(C(=O)N4CCN(C(=O)Nc5ccccc5Br)C(C)C4)c3C(C)C)n2)c1. The number of nitrogens with zero attached hydrogens (tertiary/aromatic N) is 5. The first kappa shape index (κ1) is 27.9. The Morgan fingerprint density at radius 1 is 1.15 bits per heavy atom. The Kier molecular flexibility index (Phi) is 8.22. The molecule has 4 aromatic rings. The molecule has 0 aliphatic carbocycles. The molecule has 0 spiro atoms. The minimum atomic E-state index is -0.183. The molecule has 1 unspecified atom stereocenters. The maximum Gasteiger partial charge on any atom is 0.322 e.